The van der Waals surface area contributed by atoms with E-state index >= 15 is 0 Å². The molecule has 1 heterocycles. The first-order valence-corrected chi connectivity index (χ1v) is 7.66. The molecule has 1 aromatic carbocycles. The normalized spacial score (nSPS) is 32.6. The fraction of sp³-hybridized carbons (Fsp3) is 0.462. The summed E-state index contributed by atoms with van der Waals surface area (Å²) in [6, 6.07) is 5.18. The summed E-state index contributed by atoms with van der Waals surface area (Å²) in [5, 5.41) is 3.53. The van der Waals surface area contributed by atoms with Crippen LogP contribution in [0.25, 0.3) is 0 Å². The van der Waals surface area contributed by atoms with Crippen molar-refractivity contribution in [2.75, 3.05) is 6.61 Å². The number of benzene rings is 1. The van der Waals surface area contributed by atoms with E-state index in [4.69, 9.17) is 22.1 Å². The summed E-state index contributed by atoms with van der Waals surface area (Å²) in [4.78, 5) is 12.2. The highest BCUT2D eigenvalue weighted by Crippen LogP contribution is 2.37. The predicted octanol–water partition coefficient (Wildman–Crippen LogP) is 1.79. The zero-order valence-electron chi connectivity index (χ0n) is 10.1. The molecule has 0 bridgehead atoms. The second kappa shape index (κ2) is 5.20. The third kappa shape index (κ3) is 2.37. The standard InChI is InChI=1S/C13H14ClIN2O2/c14-8-5-6(1-2-9(8)15)13(18)17-11-10(16)7-3-4-19-12(7)11/h1-2,5,7,10-12H,3-4,16H2,(H,17,18). The van der Waals surface area contributed by atoms with Gasteiger partial charge in [0.05, 0.1) is 17.2 Å². The van der Waals surface area contributed by atoms with Crippen molar-refractivity contribution in [3.63, 3.8) is 0 Å². The van der Waals surface area contributed by atoms with Gasteiger partial charge in [0.2, 0.25) is 0 Å². The van der Waals surface area contributed by atoms with Crippen LogP contribution in [0, 0.1) is 9.49 Å². The highest BCUT2D eigenvalue weighted by Gasteiger charge is 2.52. The second-order valence-corrected chi connectivity index (χ2v) is 6.56. The van der Waals surface area contributed by atoms with Crippen LogP contribution in [0.3, 0.4) is 0 Å². The number of amides is 1. The van der Waals surface area contributed by atoms with Crippen LogP contribution in [0.1, 0.15) is 16.8 Å². The van der Waals surface area contributed by atoms with Crippen LogP contribution >= 0.6 is 34.2 Å². The van der Waals surface area contributed by atoms with Gasteiger partial charge in [0.25, 0.3) is 5.91 Å². The molecule has 1 aliphatic heterocycles. The molecule has 4 unspecified atom stereocenters. The predicted molar refractivity (Wildman–Crippen MR) is 81.2 cm³/mol. The first kappa shape index (κ1) is 13.6. The van der Waals surface area contributed by atoms with Crippen molar-refractivity contribution in [2.24, 2.45) is 11.7 Å². The largest absolute Gasteiger partial charge is 0.376 e. The molecule has 102 valence electrons. The van der Waals surface area contributed by atoms with Crippen molar-refractivity contribution >= 4 is 40.1 Å². The average Bonchev–Trinajstić information content (AvgIpc) is 2.83. The molecule has 0 aromatic heterocycles. The molecule has 3 N–H and O–H groups in total. The quantitative estimate of drug-likeness (QED) is 0.754. The van der Waals surface area contributed by atoms with Gasteiger partial charge in [0, 0.05) is 27.7 Å². The summed E-state index contributed by atoms with van der Waals surface area (Å²) in [6.07, 6.45) is 1.08. The van der Waals surface area contributed by atoms with Crippen LogP contribution in [-0.4, -0.2) is 30.7 Å². The van der Waals surface area contributed by atoms with Gasteiger partial charge in [0.1, 0.15) is 0 Å². The molecule has 19 heavy (non-hydrogen) atoms. The van der Waals surface area contributed by atoms with Gasteiger partial charge in [-0.1, -0.05) is 11.6 Å². The van der Waals surface area contributed by atoms with Crippen molar-refractivity contribution in [3.05, 3.63) is 32.4 Å². The van der Waals surface area contributed by atoms with Gasteiger partial charge in [0.15, 0.2) is 0 Å². The van der Waals surface area contributed by atoms with Crippen LogP contribution in [0.15, 0.2) is 18.2 Å². The van der Waals surface area contributed by atoms with Crippen LogP contribution in [0.4, 0.5) is 0 Å². The number of nitrogens with two attached hydrogens (primary N) is 1. The summed E-state index contributed by atoms with van der Waals surface area (Å²) in [5.41, 5.74) is 6.62. The molecule has 3 rings (SSSR count). The van der Waals surface area contributed by atoms with Crippen LogP contribution in [-0.2, 0) is 4.74 Å². The van der Waals surface area contributed by atoms with E-state index in [1.54, 1.807) is 12.1 Å². The molecular formula is C13H14ClIN2O2. The van der Waals surface area contributed by atoms with Crippen LogP contribution in [0.5, 0.6) is 0 Å². The Balaban J connectivity index is 1.70. The summed E-state index contributed by atoms with van der Waals surface area (Å²) >= 11 is 8.15. The van der Waals surface area contributed by atoms with Crippen molar-refractivity contribution < 1.29 is 9.53 Å². The van der Waals surface area contributed by atoms with Crippen molar-refractivity contribution in [1.29, 1.82) is 0 Å². The minimum atomic E-state index is -0.146. The van der Waals surface area contributed by atoms with E-state index in [0.29, 0.717) is 16.5 Å². The Morgan fingerprint density at radius 1 is 1.53 bits per heavy atom. The number of hydrogen-bond donors (Lipinski definition) is 2. The first-order valence-electron chi connectivity index (χ1n) is 6.21. The molecule has 1 saturated heterocycles. The van der Waals surface area contributed by atoms with Crippen molar-refractivity contribution in [1.82, 2.24) is 5.32 Å². The minimum absolute atomic E-state index is 0.00392. The van der Waals surface area contributed by atoms with E-state index in [-0.39, 0.29) is 24.1 Å². The number of halogens is 2. The lowest BCUT2D eigenvalue weighted by Gasteiger charge is -2.45. The highest BCUT2D eigenvalue weighted by atomic mass is 127. The number of carbonyl (C=O) groups excluding carboxylic acids is 1. The number of rotatable bonds is 2. The molecule has 1 aromatic rings. The number of carbonyl (C=O) groups is 1. The Bertz CT molecular complexity index is 525. The third-order valence-corrected chi connectivity index (χ3v) is 5.50. The Morgan fingerprint density at radius 3 is 3.05 bits per heavy atom. The minimum Gasteiger partial charge on any atom is -0.376 e. The fourth-order valence-electron chi connectivity index (χ4n) is 2.80. The molecule has 0 radical (unpaired) electrons. The SMILES string of the molecule is NC1C2CCOC2C1NC(=O)c1ccc(I)c(Cl)c1. The zero-order valence-corrected chi connectivity index (χ0v) is 13.0. The van der Waals surface area contributed by atoms with Crippen LogP contribution in [0.2, 0.25) is 5.02 Å². The maximum absolute atomic E-state index is 12.2. The van der Waals surface area contributed by atoms with E-state index in [9.17, 15) is 4.79 Å². The topological polar surface area (TPSA) is 64.3 Å². The zero-order chi connectivity index (χ0) is 13.6. The van der Waals surface area contributed by atoms with E-state index in [0.717, 1.165) is 16.6 Å². The fourth-order valence-corrected chi connectivity index (χ4v) is 3.32. The number of nitrogens with one attached hydrogen (secondary N) is 1. The van der Waals surface area contributed by atoms with Crippen LogP contribution < -0.4 is 11.1 Å². The summed E-state index contributed by atoms with van der Waals surface area (Å²) < 4.78 is 6.52. The molecular weight excluding hydrogens is 379 g/mol. The first-order chi connectivity index (χ1) is 9.08. The lowest BCUT2D eigenvalue weighted by molar-refractivity contribution is -0.0161. The van der Waals surface area contributed by atoms with Gasteiger partial charge in [-0.3, -0.25) is 4.79 Å². The Morgan fingerprint density at radius 2 is 2.32 bits per heavy atom. The molecule has 0 spiro atoms. The summed E-state index contributed by atoms with van der Waals surface area (Å²) in [6.45, 7) is 0.741. The Labute approximate surface area is 130 Å². The molecule has 6 heteroatoms. The lowest BCUT2D eigenvalue weighted by Crippen LogP contribution is -2.68. The molecule has 1 aliphatic carbocycles. The van der Waals surface area contributed by atoms with E-state index < -0.39 is 0 Å². The molecule has 2 aliphatic rings. The van der Waals surface area contributed by atoms with Gasteiger partial charge in [-0.25, -0.2) is 0 Å². The van der Waals surface area contributed by atoms with Gasteiger partial charge in [-0.05, 0) is 47.2 Å². The third-order valence-electron chi connectivity index (χ3n) is 3.93. The second-order valence-electron chi connectivity index (χ2n) is 4.99. The number of hydrogen-bond acceptors (Lipinski definition) is 3. The van der Waals surface area contributed by atoms with E-state index in [1.165, 1.54) is 0 Å². The monoisotopic (exact) mass is 392 g/mol. The Kier molecular flexibility index (Phi) is 3.72. The van der Waals surface area contributed by atoms with E-state index in [2.05, 4.69) is 27.9 Å². The lowest BCUT2D eigenvalue weighted by atomic mass is 9.72. The highest BCUT2D eigenvalue weighted by molar-refractivity contribution is 14.1. The summed E-state index contributed by atoms with van der Waals surface area (Å²) in [7, 11) is 0. The molecule has 2 fully saturated rings. The number of fused-ring (bicyclic) bond motifs is 1. The van der Waals surface area contributed by atoms with Gasteiger partial charge in [-0.15, -0.1) is 0 Å². The average molecular weight is 393 g/mol. The molecule has 1 saturated carbocycles. The van der Waals surface area contributed by atoms with Crippen molar-refractivity contribution in [2.45, 2.75) is 24.6 Å². The Hall–Kier alpha value is -0.370. The maximum Gasteiger partial charge on any atom is 0.251 e. The van der Waals surface area contributed by atoms with E-state index in [1.807, 2.05) is 6.07 Å². The number of ether oxygens (including phenoxy) is 1. The van der Waals surface area contributed by atoms with Crippen molar-refractivity contribution in [3.8, 4) is 0 Å². The molecule has 1 amide bonds. The van der Waals surface area contributed by atoms with Gasteiger partial charge >= 0.3 is 0 Å². The van der Waals surface area contributed by atoms with Gasteiger partial charge < -0.3 is 15.8 Å². The van der Waals surface area contributed by atoms with Gasteiger partial charge in [-0.2, -0.15) is 0 Å². The molecule has 4 nitrogen and oxygen atoms in total. The summed E-state index contributed by atoms with van der Waals surface area (Å²) in [5.74, 6) is 0.248. The molecule has 4 atom stereocenters. The maximum atomic E-state index is 12.2. The smallest absolute Gasteiger partial charge is 0.251 e.